The van der Waals surface area contributed by atoms with Crippen molar-refractivity contribution in [3.63, 3.8) is 0 Å². The Morgan fingerprint density at radius 1 is 0.871 bits per heavy atom. The van der Waals surface area contributed by atoms with E-state index in [9.17, 15) is 14.4 Å². The van der Waals surface area contributed by atoms with Crippen LogP contribution >= 0.6 is 11.3 Å². The minimum absolute atomic E-state index is 0.0406. The number of esters is 1. The van der Waals surface area contributed by atoms with Crippen LogP contribution in [0.15, 0.2) is 83.9 Å². The molecule has 0 aliphatic carbocycles. The molecule has 0 radical (unpaired) electrons. The van der Waals surface area contributed by atoms with E-state index in [-0.39, 0.29) is 17.5 Å². The molecule has 2 aliphatic heterocycles. The number of anilines is 1. The first kappa shape index (κ1) is 44.9. The standard InChI is InChI=1S/C48H60N6O6SSi/c1-48(2,3)60-46(57)43-35(13-11-29-59-37-20-17-36(18-21-37)45(56)52-27-25-51(4)26-28-52)19-22-42(49-43)53-24-23-34-12-10-14-38(39(34)32-53)44(55)50-47-54(33-58-30-31-62(5,6)7)40-15-8-9-16-41(40)61-47/h8-10,12,14-22H,11,13,23-33H2,1-7H3/b50-47+. The lowest BCUT2D eigenvalue weighted by Gasteiger charge is -2.32. The fraction of sp³-hybridized carbons (Fsp3) is 0.438. The molecule has 3 aromatic carbocycles. The first-order valence-corrected chi connectivity index (χ1v) is 26.2. The molecule has 4 heterocycles. The van der Waals surface area contributed by atoms with E-state index in [1.165, 1.54) is 11.3 Å². The van der Waals surface area contributed by atoms with Gasteiger partial charge in [-0.1, -0.05) is 61.3 Å². The SMILES string of the molecule is CN1CCN(C(=O)c2ccc(OCCCc3ccc(N4CCc5cccc(C(=O)/N=c6/sc7ccccc7n6COCC[Si](C)(C)C)c5C4)nc3C(=O)OC(C)(C)C)cc2)CC1. The minimum atomic E-state index is -1.26. The van der Waals surface area contributed by atoms with E-state index >= 15 is 0 Å². The third kappa shape index (κ3) is 11.5. The van der Waals surface area contributed by atoms with Gasteiger partial charge in [0.2, 0.25) is 0 Å². The van der Waals surface area contributed by atoms with E-state index in [2.05, 4.69) is 42.6 Å². The predicted octanol–water partition coefficient (Wildman–Crippen LogP) is 8.07. The number of carbonyl (C=O) groups is 3. The first-order chi connectivity index (χ1) is 29.6. The molecule has 0 atom stereocenters. The maximum Gasteiger partial charge on any atom is 0.357 e. The summed E-state index contributed by atoms with van der Waals surface area (Å²) in [5, 5.41) is 0. The van der Waals surface area contributed by atoms with Gasteiger partial charge in [-0.2, -0.15) is 4.99 Å². The van der Waals surface area contributed by atoms with Crippen LogP contribution in [0.3, 0.4) is 0 Å². The highest BCUT2D eigenvalue weighted by Crippen LogP contribution is 2.29. The van der Waals surface area contributed by atoms with Gasteiger partial charge in [0.25, 0.3) is 11.8 Å². The Morgan fingerprint density at radius 3 is 2.37 bits per heavy atom. The second kappa shape index (κ2) is 19.5. The number of nitrogens with zero attached hydrogens (tertiary/aromatic N) is 6. The van der Waals surface area contributed by atoms with E-state index in [4.69, 9.17) is 24.2 Å². The van der Waals surface area contributed by atoms with Gasteiger partial charge < -0.3 is 28.9 Å². The second-order valence-corrected chi connectivity index (χ2v) is 25.0. The summed E-state index contributed by atoms with van der Waals surface area (Å²) in [5.74, 6) is 0.574. The minimum Gasteiger partial charge on any atom is -0.494 e. The van der Waals surface area contributed by atoms with E-state index < -0.39 is 19.6 Å². The summed E-state index contributed by atoms with van der Waals surface area (Å²) in [6.45, 7) is 18.2. The van der Waals surface area contributed by atoms with Gasteiger partial charge in [0.1, 0.15) is 23.9 Å². The van der Waals surface area contributed by atoms with E-state index in [0.29, 0.717) is 79.8 Å². The van der Waals surface area contributed by atoms with Crippen LogP contribution in [-0.2, 0) is 35.6 Å². The number of hydrogen-bond acceptors (Lipinski definition) is 10. The Morgan fingerprint density at radius 2 is 1.63 bits per heavy atom. The average molecular weight is 877 g/mol. The molecule has 1 saturated heterocycles. The highest BCUT2D eigenvalue weighted by Gasteiger charge is 2.27. The Kier molecular flexibility index (Phi) is 14.1. The maximum absolute atomic E-state index is 14.1. The number of para-hydroxylation sites is 1. The van der Waals surface area contributed by atoms with E-state index in [1.54, 1.807) is 0 Å². The van der Waals surface area contributed by atoms with Crippen LogP contribution in [0.25, 0.3) is 10.2 Å². The number of aryl methyl sites for hydroxylation is 1. The van der Waals surface area contributed by atoms with Crippen LogP contribution in [-0.4, -0.2) is 104 Å². The molecule has 328 valence electrons. The predicted molar refractivity (Wildman–Crippen MR) is 248 cm³/mol. The summed E-state index contributed by atoms with van der Waals surface area (Å²) in [4.78, 5) is 57.3. The average Bonchev–Trinajstić information content (AvgIpc) is 3.59. The maximum atomic E-state index is 14.1. The van der Waals surface area contributed by atoms with Gasteiger partial charge in [0, 0.05) is 65.1 Å². The number of pyridine rings is 1. The van der Waals surface area contributed by atoms with Crippen LogP contribution in [0.1, 0.15) is 75.1 Å². The number of carbonyl (C=O) groups excluding carboxylic acids is 3. The molecule has 14 heteroatoms. The van der Waals surface area contributed by atoms with Crippen molar-refractivity contribution in [3.05, 3.63) is 117 Å². The third-order valence-corrected chi connectivity index (χ3v) is 13.9. The fourth-order valence-corrected chi connectivity index (χ4v) is 9.36. The largest absolute Gasteiger partial charge is 0.494 e. The van der Waals surface area contributed by atoms with Gasteiger partial charge in [-0.05, 0) is 118 Å². The highest BCUT2D eigenvalue weighted by atomic mass is 32.1. The molecule has 5 aromatic rings. The molecular weight excluding hydrogens is 817 g/mol. The lowest BCUT2D eigenvalue weighted by Crippen LogP contribution is -2.47. The summed E-state index contributed by atoms with van der Waals surface area (Å²) in [5.41, 5.74) is 4.54. The summed E-state index contributed by atoms with van der Waals surface area (Å²) < 4.78 is 21.1. The third-order valence-electron chi connectivity index (χ3n) is 11.1. The fourth-order valence-electron chi connectivity index (χ4n) is 7.59. The number of fused-ring (bicyclic) bond motifs is 2. The van der Waals surface area contributed by atoms with Crippen molar-refractivity contribution in [1.82, 2.24) is 19.4 Å². The molecule has 2 amide bonds. The zero-order chi connectivity index (χ0) is 44.0. The summed E-state index contributed by atoms with van der Waals surface area (Å²) in [6.07, 6.45) is 1.89. The van der Waals surface area contributed by atoms with Crippen molar-refractivity contribution >= 4 is 53.2 Å². The molecule has 7 rings (SSSR count). The first-order valence-electron chi connectivity index (χ1n) is 21.7. The van der Waals surface area contributed by atoms with Crippen LogP contribution in [0.5, 0.6) is 5.75 Å². The number of piperazine rings is 1. The monoisotopic (exact) mass is 876 g/mol. The molecule has 0 N–H and O–H groups in total. The number of benzene rings is 3. The molecule has 1 fully saturated rings. The molecule has 2 aromatic heterocycles. The Bertz CT molecular complexity index is 2460. The van der Waals surface area contributed by atoms with Crippen LogP contribution in [0, 0.1) is 0 Å². The van der Waals surface area contributed by atoms with Gasteiger partial charge in [0.05, 0.1) is 16.8 Å². The molecule has 0 saturated carbocycles. The number of ether oxygens (including phenoxy) is 3. The van der Waals surface area contributed by atoms with Crippen molar-refractivity contribution in [2.75, 3.05) is 57.9 Å². The number of rotatable bonds is 14. The van der Waals surface area contributed by atoms with Crippen LogP contribution in [0.2, 0.25) is 25.7 Å². The van der Waals surface area contributed by atoms with Crippen molar-refractivity contribution in [2.45, 2.75) is 84.6 Å². The molecule has 0 bridgehead atoms. The van der Waals surface area contributed by atoms with Gasteiger partial charge in [-0.15, -0.1) is 0 Å². The van der Waals surface area contributed by atoms with E-state index in [0.717, 1.165) is 59.1 Å². The lowest BCUT2D eigenvalue weighted by atomic mass is 9.94. The molecular formula is C48H60N6O6SSi. The van der Waals surface area contributed by atoms with Crippen LogP contribution < -0.4 is 14.4 Å². The van der Waals surface area contributed by atoms with Crippen molar-refractivity contribution < 1.29 is 28.6 Å². The quantitative estimate of drug-likeness (QED) is 0.0620. The zero-order valence-electron chi connectivity index (χ0n) is 37.2. The Balaban J connectivity index is 1.05. The smallest absolute Gasteiger partial charge is 0.357 e. The van der Waals surface area contributed by atoms with Gasteiger partial charge in [-0.3, -0.25) is 14.2 Å². The molecule has 0 unspecified atom stereocenters. The summed E-state index contributed by atoms with van der Waals surface area (Å²) in [7, 11) is 0.806. The van der Waals surface area contributed by atoms with Crippen molar-refractivity contribution in [3.8, 4) is 5.75 Å². The molecule has 12 nitrogen and oxygen atoms in total. The summed E-state index contributed by atoms with van der Waals surface area (Å²) >= 11 is 1.48. The normalized spacial score (nSPS) is 15.2. The van der Waals surface area contributed by atoms with Gasteiger partial charge >= 0.3 is 5.97 Å². The molecule has 62 heavy (non-hydrogen) atoms. The second-order valence-electron chi connectivity index (χ2n) is 18.4. The number of amides is 2. The van der Waals surface area contributed by atoms with Gasteiger partial charge in [-0.25, -0.2) is 9.78 Å². The number of hydrogen-bond donors (Lipinski definition) is 0. The Labute approximate surface area is 370 Å². The zero-order valence-corrected chi connectivity index (χ0v) is 39.1. The Hall–Kier alpha value is -5.15. The summed E-state index contributed by atoms with van der Waals surface area (Å²) in [6, 6.07) is 26.2. The molecule has 2 aliphatic rings. The van der Waals surface area contributed by atoms with Crippen LogP contribution in [0.4, 0.5) is 5.82 Å². The van der Waals surface area contributed by atoms with E-state index in [1.807, 2.05) is 103 Å². The lowest BCUT2D eigenvalue weighted by molar-refractivity contribution is 0.00611. The van der Waals surface area contributed by atoms with Gasteiger partial charge in [0.15, 0.2) is 10.5 Å². The van der Waals surface area contributed by atoms with Crippen molar-refractivity contribution in [2.24, 2.45) is 4.99 Å². The number of thiazole rings is 1. The number of likely N-dealkylation sites (N-methyl/N-ethyl adjacent to an activating group) is 1. The van der Waals surface area contributed by atoms with Crippen molar-refractivity contribution in [1.29, 1.82) is 0 Å². The highest BCUT2D eigenvalue weighted by molar-refractivity contribution is 7.16. The number of aromatic nitrogens is 2. The molecule has 0 spiro atoms. The topological polar surface area (TPSA) is 119 Å².